The number of nitrogens with one attached hydrogen (secondary N) is 3. The molecular weight excluding hydrogens is 340 g/mol. The van der Waals surface area contributed by atoms with Gasteiger partial charge in [-0.1, -0.05) is 0 Å². The maximum absolute atomic E-state index is 13.3. The topological polar surface area (TPSA) is 86.5 Å². The fourth-order valence-electron chi connectivity index (χ4n) is 2.75. The molecule has 1 aromatic carbocycles. The Hall–Kier alpha value is -3.55. The van der Waals surface area contributed by atoms with Gasteiger partial charge in [-0.15, -0.1) is 0 Å². The first kappa shape index (κ1) is 15.9. The van der Waals surface area contributed by atoms with Gasteiger partial charge in [0, 0.05) is 42.0 Å². The number of benzene rings is 1. The van der Waals surface area contributed by atoms with Crippen molar-refractivity contribution >= 4 is 17.0 Å². The van der Waals surface area contributed by atoms with Crippen LogP contribution < -0.4 is 10.9 Å². The maximum Gasteiger partial charge on any atom is 0.252 e. The molecule has 3 aromatic heterocycles. The van der Waals surface area contributed by atoms with Crippen LogP contribution in [-0.4, -0.2) is 19.9 Å². The van der Waals surface area contributed by atoms with Gasteiger partial charge in [0.05, 0.1) is 5.69 Å². The fraction of sp³-hybridized carbons (Fsp3) is 0.0556. The Morgan fingerprint density at radius 2 is 1.92 bits per heavy atom. The largest absolute Gasteiger partial charge is 0.352 e. The molecule has 0 atom stereocenters. The number of anilines is 1. The van der Waals surface area contributed by atoms with Gasteiger partial charge in [0.1, 0.15) is 17.3 Å². The highest BCUT2D eigenvalue weighted by Gasteiger charge is 2.10. The number of hydrogen-bond donors (Lipinski definition) is 3. The third-order valence-electron chi connectivity index (χ3n) is 3.85. The Labute approximate surface area is 146 Å². The van der Waals surface area contributed by atoms with Crippen molar-refractivity contribution < 1.29 is 8.78 Å². The standard InChI is InChI=1S/C18H13F2N5O/c19-11-4-10(5-12(20)6-11)8-23-18-24-15(7-16(26)25-18)14-9-22-17-13(14)2-1-3-21-17/h1-7,9H,8H2,(H,21,22)(H2,23,24,25,26). The minimum atomic E-state index is -0.664. The van der Waals surface area contributed by atoms with Crippen LogP contribution in [0.1, 0.15) is 5.56 Å². The predicted octanol–water partition coefficient (Wildman–Crippen LogP) is 3.20. The third-order valence-corrected chi connectivity index (χ3v) is 3.85. The van der Waals surface area contributed by atoms with Gasteiger partial charge < -0.3 is 10.3 Å². The van der Waals surface area contributed by atoms with E-state index in [2.05, 4.69) is 25.3 Å². The Morgan fingerprint density at radius 3 is 2.73 bits per heavy atom. The normalized spacial score (nSPS) is 11.0. The zero-order valence-electron chi connectivity index (χ0n) is 13.4. The molecule has 8 heteroatoms. The first-order chi connectivity index (χ1) is 12.6. The van der Waals surface area contributed by atoms with Gasteiger partial charge >= 0.3 is 0 Å². The summed E-state index contributed by atoms with van der Waals surface area (Å²) < 4.78 is 26.5. The van der Waals surface area contributed by atoms with E-state index in [9.17, 15) is 13.6 Å². The van der Waals surface area contributed by atoms with E-state index in [1.54, 1.807) is 18.5 Å². The lowest BCUT2D eigenvalue weighted by Gasteiger charge is -2.07. The number of rotatable bonds is 4. The molecule has 130 valence electrons. The van der Waals surface area contributed by atoms with Gasteiger partial charge in [-0.2, -0.15) is 0 Å². The molecule has 4 aromatic rings. The minimum absolute atomic E-state index is 0.108. The van der Waals surface area contributed by atoms with Gasteiger partial charge in [0.2, 0.25) is 5.95 Å². The van der Waals surface area contributed by atoms with E-state index in [1.165, 1.54) is 18.2 Å². The van der Waals surface area contributed by atoms with Gasteiger partial charge in [-0.25, -0.2) is 18.7 Å². The lowest BCUT2D eigenvalue weighted by atomic mass is 10.1. The van der Waals surface area contributed by atoms with E-state index in [-0.39, 0.29) is 18.1 Å². The Kier molecular flexibility index (Phi) is 3.92. The van der Waals surface area contributed by atoms with E-state index in [4.69, 9.17) is 0 Å². The van der Waals surface area contributed by atoms with Crippen molar-refractivity contribution in [3.8, 4) is 11.3 Å². The second kappa shape index (κ2) is 6.40. The summed E-state index contributed by atoms with van der Waals surface area (Å²) >= 11 is 0. The summed E-state index contributed by atoms with van der Waals surface area (Å²) in [5.41, 5.74) is 1.93. The second-order valence-electron chi connectivity index (χ2n) is 5.71. The molecule has 0 unspecified atom stereocenters. The van der Waals surface area contributed by atoms with Crippen molar-refractivity contribution in [2.24, 2.45) is 0 Å². The number of aromatic amines is 2. The molecule has 0 bridgehead atoms. The second-order valence-corrected chi connectivity index (χ2v) is 5.71. The summed E-state index contributed by atoms with van der Waals surface area (Å²) in [5, 5.41) is 3.72. The third kappa shape index (κ3) is 3.16. The smallest absolute Gasteiger partial charge is 0.252 e. The van der Waals surface area contributed by atoms with Crippen LogP contribution in [0, 0.1) is 11.6 Å². The van der Waals surface area contributed by atoms with E-state index in [0.29, 0.717) is 16.9 Å². The lowest BCUT2D eigenvalue weighted by Crippen LogP contribution is -2.12. The van der Waals surface area contributed by atoms with Crippen LogP contribution in [0.25, 0.3) is 22.3 Å². The van der Waals surface area contributed by atoms with Crippen LogP contribution >= 0.6 is 0 Å². The summed E-state index contributed by atoms with van der Waals surface area (Å²) in [4.78, 5) is 26.2. The van der Waals surface area contributed by atoms with Crippen LogP contribution in [0.2, 0.25) is 0 Å². The summed E-state index contributed by atoms with van der Waals surface area (Å²) in [7, 11) is 0. The van der Waals surface area contributed by atoms with Crippen molar-refractivity contribution in [3.05, 3.63) is 76.3 Å². The summed E-state index contributed by atoms with van der Waals surface area (Å²) in [6.45, 7) is 0.108. The van der Waals surface area contributed by atoms with Gasteiger partial charge in [-0.3, -0.25) is 9.78 Å². The highest BCUT2D eigenvalue weighted by Crippen LogP contribution is 2.25. The van der Waals surface area contributed by atoms with Gasteiger partial charge in [-0.05, 0) is 29.8 Å². The highest BCUT2D eigenvalue weighted by molar-refractivity contribution is 5.92. The molecular formula is C18H13F2N5O. The number of halogens is 2. The van der Waals surface area contributed by atoms with Crippen molar-refractivity contribution in [1.29, 1.82) is 0 Å². The maximum atomic E-state index is 13.3. The number of nitrogens with zero attached hydrogens (tertiary/aromatic N) is 2. The zero-order chi connectivity index (χ0) is 18.1. The number of aromatic nitrogens is 4. The minimum Gasteiger partial charge on any atom is -0.352 e. The zero-order valence-corrected chi connectivity index (χ0v) is 13.4. The summed E-state index contributed by atoms with van der Waals surface area (Å²) in [5.74, 6) is -1.12. The average Bonchev–Trinajstić information content (AvgIpc) is 3.03. The molecule has 0 aliphatic rings. The molecule has 26 heavy (non-hydrogen) atoms. The molecule has 0 saturated carbocycles. The Balaban J connectivity index is 1.65. The van der Waals surface area contributed by atoms with Crippen molar-refractivity contribution in [1.82, 2.24) is 19.9 Å². The lowest BCUT2D eigenvalue weighted by molar-refractivity contribution is 0.580. The molecule has 3 N–H and O–H groups in total. The van der Waals surface area contributed by atoms with Crippen LogP contribution in [0.5, 0.6) is 0 Å². The quantitative estimate of drug-likeness (QED) is 0.526. The first-order valence-corrected chi connectivity index (χ1v) is 7.81. The molecule has 0 radical (unpaired) electrons. The summed E-state index contributed by atoms with van der Waals surface area (Å²) in [6, 6.07) is 8.27. The Bertz CT molecular complexity index is 1130. The number of pyridine rings is 1. The van der Waals surface area contributed by atoms with E-state index in [1.807, 2.05) is 6.07 Å². The first-order valence-electron chi connectivity index (χ1n) is 7.81. The van der Waals surface area contributed by atoms with Gasteiger partial charge in [0.15, 0.2) is 0 Å². The Morgan fingerprint density at radius 1 is 1.12 bits per heavy atom. The molecule has 6 nitrogen and oxygen atoms in total. The predicted molar refractivity (Wildman–Crippen MR) is 93.6 cm³/mol. The van der Waals surface area contributed by atoms with Crippen molar-refractivity contribution in [2.45, 2.75) is 6.54 Å². The molecule has 4 rings (SSSR count). The molecule has 3 heterocycles. The monoisotopic (exact) mass is 353 g/mol. The van der Waals surface area contributed by atoms with E-state index >= 15 is 0 Å². The summed E-state index contributed by atoms with van der Waals surface area (Å²) in [6.07, 6.45) is 3.39. The number of fused-ring (bicyclic) bond motifs is 1. The number of hydrogen-bond acceptors (Lipinski definition) is 4. The fourth-order valence-corrected chi connectivity index (χ4v) is 2.75. The molecule has 0 aliphatic heterocycles. The molecule has 0 saturated heterocycles. The highest BCUT2D eigenvalue weighted by atomic mass is 19.1. The molecule has 0 aliphatic carbocycles. The molecule has 0 fully saturated rings. The van der Waals surface area contributed by atoms with Crippen molar-refractivity contribution in [2.75, 3.05) is 5.32 Å². The van der Waals surface area contributed by atoms with E-state index in [0.717, 1.165) is 17.0 Å². The van der Waals surface area contributed by atoms with Crippen molar-refractivity contribution in [3.63, 3.8) is 0 Å². The average molecular weight is 353 g/mol. The molecule has 0 amide bonds. The van der Waals surface area contributed by atoms with E-state index < -0.39 is 11.6 Å². The number of H-pyrrole nitrogens is 2. The SMILES string of the molecule is O=c1cc(-c2c[nH]c3ncccc23)nc(NCc2cc(F)cc(F)c2)[nH]1. The van der Waals surface area contributed by atoms with Crippen LogP contribution in [0.3, 0.4) is 0 Å². The van der Waals surface area contributed by atoms with Crippen LogP contribution in [0.15, 0.2) is 53.6 Å². The van der Waals surface area contributed by atoms with Crippen LogP contribution in [0.4, 0.5) is 14.7 Å². The molecule has 0 spiro atoms. The van der Waals surface area contributed by atoms with Crippen LogP contribution in [-0.2, 0) is 6.54 Å². The van der Waals surface area contributed by atoms with Gasteiger partial charge in [0.25, 0.3) is 5.56 Å².